The molecule has 0 radical (unpaired) electrons. The minimum Gasteiger partial charge on any atom is -0.377 e. The van der Waals surface area contributed by atoms with Gasteiger partial charge in [-0.1, -0.05) is 0 Å². The molecule has 1 aromatic heterocycles. The van der Waals surface area contributed by atoms with Gasteiger partial charge >= 0.3 is 18.2 Å². The topological polar surface area (TPSA) is 109 Å². The summed E-state index contributed by atoms with van der Waals surface area (Å²) in [4.78, 5) is 39.4. The Bertz CT molecular complexity index is 1110. The largest absolute Gasteiger partial charge is 0.493 e. The average molecular weight is 509 g/mol. The van der Waals surface area contributed by atoms with Gasteiger partial charge in [-0.15, -0.1) is 0 Å². The number of fused-ring (bicyclic) bond motifs is 1. The van der Waals surface area contributed by atoms with Crippen LogP contribution in [0.3, 0.4) is 0 Å². The van der Waals surface area contributed by atoms with E-state index in [-0.39, 0.29) is 12.6 Å². The highest BCUT2D eigenvalue weighted by Gasteiger charge is 2.43. The molecule has 2 aliphatic heterocycles. The van der Waals surface area contributed by atoms with Gasteiger partial charge in [0.2, 0.25) is 0 Å². The van der Waals surface area contributed by atoms with Gasteiger partial charge in [0.25, 0.3) is 0 Å². The molecule has 10 nitrogen and oxygen atoms in total. The summed E-state index contributed by atoms with van der Waals surface area (Å²) in [6, 6.07) is 5.72. The van der Waals surface area contributed by atoms with Gasteiger partial charge in [0, 0.05) is 29.9 Å². The highest BCUT2D eigenvalue weighted by atomic mass is 19.4. The van der Waals surface area contributed by atoms with Crippen LogP contribution < -0.4 is 15.5 Å². The molecule has 1 unspecified atom stereocenters. The fourth-order valence-corrected chi connectivity index (χ4v) is 4.04. The molecule has 0 aliphatic carbocycles. The fraction of sp³-hybridized carbons (Fsp3) is 0.478. The zero-order valence-corrected chi connectivity index (χ0v) is 19.9. The fourth-order valence-electron chi connectivity index (χ4n) is 4.04. The lowest BCUT2D eigenvalue weighted by Gasteiger charge is -2.36. The number of rotatable bonds is 4. The van der Waals surface area contributed by atoms with E-state index in [0.717, 1.165) is 36.6 Å². The molecule has 1 saturated heterocycles. The number of urea groups is 1. The van der Waals surface area contributed by atoms with Crippen LogP contribution in [0.2, 0.25) is 0 Å². The first-order valence-electron chi connectivity index (χ1n) is 11.6. The molecule has 3 heterocycles. The number of hydroxylamine groups is 2. The van der Waals surface area contributed by atoms with Crippen LogP contribution in [0.25, 0.3) is 11.4 Å². The number of carbonyl (C=O) groups excluding carboxylic acids is 2. The van der Waals surface area contributed by atoms with Crippen LogP contribution in [0.1, 0.15) is 25.1 Å². The molecule has 0 bridgehead atoms. The molecular weight excluding hydrogens is 481 g/mol. The van der Waals surface area contributed by atoms with Crippen LogP contribution in [-0.2, 0) is 27.3 Å². The molecule has 194 valence electrons. The van der Waals surface area contributed by atoms with Crippen LogP contribution in [0.5, 0.6) is 0 Å². The third-order valence-electron chi connectivity index (χ3n) is 5.89. The van der Waals surface area contributed by atoms with E-state index >= 15 is 0 Å². The number of aromatic nitrogens is 2. The zero-order valence-electron chi connectivity index (χ0n) is 19.9. The second-order valence-electron chi connectivity index (χ2n) is 8.42. The van der Waals surface area contributed by atoms with E-state index in [4.69, 9.17) is 14.7 Å². The number of benzene rings is 1. The Balaban J connectivity index is 1.53. The predicted octanol–water partition coefficient (Wildman–Crippen LogP) is 2.89. The smallest absolute Gasteiger partial charge is 0.377 e. The Hall–Kier alpha value is -3.45. The first-order chi connectivity index (χ1) is 17.2. The average Bonchev–Trinajstić information content (AvgIpc) is 2.86. The van der Waals surface area contributed by atoms with E-state index in [9.17, 15) is 22.8 Å². The van der Waals surface area contributed by atoms with E-state index < -0.39 is 18.2 Å². The Morgan fingerprint density at radius 2 is 2.03 bits per heavy atom. The molecule has 1 fully saturated rings. The Labute approximate surface area is 205 Å². The van der Waals surface area contributed by atoms with E-state index in [1.807, 2.05) is 0 Å². The van der Waals surface area contributed by atoms with Gasteiger partial charge in [-0.05, 0) is 51.1 Å². The summed E-state index contributed by atoms with van der Waals surface area (Å²) in [5.74, 6) is -1.05. The SMILES string of the molecule is CCN(OC(=O)C(F)(F)F)C(=O)Nc1ccc(-c2nc3c(c(N4CCOCC4C)n2)CCNC3)cc1. The minimum atomic E-state index is -5.21. The minimum absolute atomic E-state index is 0.172. The zero-order chi connectivity index (χ0) is 25.9. The number of hydrogen-bond donors (Lipinski definition) is 2. The molecule has 2 aliphatic rings. The maximum absolute atomic E-state index is 12.5. The van der Waals surface area contributed by atoms with Crippen molar-refractivity contribution in [1.29, 1.82) is 0 Å². The van der Waals surface area contributed by atoms with E-state index in [1.165, 1.54) is 6.92 Å². The van der Waals surface area contributed by atoms with Gasteiger partial charge in [0.15, 0.2) is 5.82 Å². The van der Waals surface area contributed by atoms with Gasteiger partial charge < -0.3 is 25.1 Å². The van der Waals surface area contributed by atoms with Crippen molar-refractivity contribution in [3.63, 3.8) is 0 Å². The van der Waals surface area contributed by atoms with Crippen molar-refractivity contribution in [2.24, 2.45) is 0 Å². The number of nitrogens with zero attached hydrogens (tertiary/aromatic N) is 4. The highest BCUT2D eigenvalue weighted by molar-refractivity contribution is 5.90. The molecular formula is C23H27F3N6O4. The summed E-state index contributed by atoms with van der Waals surface area (Å²) >= 11 is 0. The number of morpholine rings is 1. The van der Waals surface area contributed by atoms with Crippen LogP contribution in [0, 0.1) is 0 Å². The molecule has 13 heteroatoms. The van der Waals surface area contributed by atoms with Crippen LogP contribution in [-0.4, -0.2) is 72.1 Å². The lowest BCUT2D eigenvalue weighted by molar-refractivity contribution is -0.226. The maximum Gasteiger partial charge on any atom is 0.493 e. The Kier molecular flexibility index (Phi) is 7.59. The number of ether oxygens (including phenoxy) is 1. The van der Waals surface area contributed by atoms with Crippen molar-refractivity contribution in [3.05, 3.63) is 35.5 Å². The summed E-state index contributed by atoms with van der Waals surface area (Å²) in [5, 5.41) is 6.06. The van der Waals surface area contributed by atoms with Crippen molar-refractivity contribution in [2.45, 2.75) is 39.0 Å². The molecule has 4 rings (SSSR count). The van der Waals surface area contributed by atoms with Crippen molar-refractivity contribution in [2.75, 3.05) is 43.1 Å². The number of halogens is 3. The lowest BCUT2D eigenvalue weighted by atomic mass is 10.0. The molecule has 1 aromatic carbocycles. The molecule has 2 N–H and O–H groups in total. The Morgan fingerprint density at radius 3 is 2.69 bits per heavy atom. The van der Waals surface area contributed by atoms with Gasteiger partial charge in [0.05, 0.1) is 31.5 Å². The van der Waals surface area contributed by atoms with Crippen molar-refractivity contribution >= 4 is 23.5 Å². The molecule has 2 amide bonds. The molecule has 0 spiro atoms. The van der Waals surface area contributed by atoms with Gasteiger partial charge in [0.1, 0.15) is 5.82 Å². The van der Waals surface area contributed by atoms with Crippen molar-refractivity contribution in [3.8, 4) is 11.4 Å². The number of amides is 2. The molecule has 2 aromatic rings. The standard InChI is InChI=1S/C23H27F3N6O4/c1-3-32(36-21(33)23(24,25)26)22(34)28-16-6-4-15(5-7-16)19-29-18-12-27-9-8-17(18)20(30-19)31-10-11-35-13-14(31)2/h4-7,14,27H,3,8-13H2,1-2H3,(H,28,34). The lowest BCUT2D eigenvalue weighted by Crippen LogP contribution is -2.45. The van der Waals surface area contributed by atoms with Gasteiger partial charge in [-0.2, -0.15) is 18.2 Å². The quantitative estimate of drug-likeness (QED) is 0.607. The van der Waals surface area contributed by atoms with Crippen LogP contribution >= 0.6 is 0 Å². The molecule has 36 heavy (non-hydrogen) atoms. The number of anilines is 2. The third kappa shape index (κ3) is 5.68. The summed E-state index contributed by atoms with van der Waals surface area (Å²) in [6.07, 6.45) is -4.38. The van der Waals surface area contributed by atoms with Crippen molar-refractivity contribution in [1.82, 2.24) is 20.3 Å². The van der Waals surface area contributed by atoms with E-state index in [1.54, 1.807) is 24.3 Å². The van der Waals surface area contributed by atoms with E-state index in [2.05, 4.69) is 27.3 Å². The van der Waals surface area contributed by atoms with Crippen LogP contribution in [0.15, 0.2) is 24.3 Å². The predicted molar refractivity (Wildman–Crippen MR) is 124 cm³/mol. The highest BCUT2D eigenvalue weighted by Crippen LogP contribution is 2.30. The van der Waals surface area contributed by atoms with Crippen molar-refractivity contribution < 1.29 is 32.3 Å². The number of nitrogens with one attached hydrogen (secondary N) is 2. The summed E-state index contributed by atoms with van der Waals surface area (Å²) < 4.78 is 43.0. The molecule has 0 saturated carbocycles. The normalized spacial score (nSPS) is 17.8. The summed E-state index contributed by atoms with van der Waals surface area (Å²) in [6.45, 7) is 6.66. The first-order valence-corrected chi connectivity index (χ1v) is 11.6. The van der Waals surface area contributed by atoms with Crippen LogP contribution in [0.4, 0.5) is 29.5 Å². The number of hydrogen-bond acceptors (Lipinski definition) is 8. The second kappa shape index (κ2) is 10.7. The number of alkyl halides is 3. The molecule has 1 atom stereocenters. The first kappa shape index (κ1) is 25.6. The Morgan fingerprint density at radius 1 is 1.28 bits per heavy atom. The van der Waals surface area contributed by atoms with Gasteiger partial charge in [-0.25, -0.2) is 19.6 Å². The summed E-state index contributed by atoms with van der Waals surface area (Å²) in [5.41, 5.74) is 3.07. The van der Waals surface area contributed by atoms with E-state index in [0.29, 0.717) is 41.9 Å². The maximum atomic E-state index is 12.5. The third-order valence-corrected chi connectivity index (χ3v) is 5.89. The number of carbonyl (C=O) groups is 2. The monoisotopic (exact) mass is 508 g/mol. The van der Waals surface area contributed by atoms with Gasteiger partial charge in [-0.3, -0.25) is 0 Å². The second-order valence-corrected chi connectivity index (χ2v) is 8.42. The summed E-state index contributed by atoms with van der Waals surface area (Å²) in [7, 11) is 0.